The molecule has 1 amide bonds. The Morgan fingerprint density at radius 3 is 2.10 bits per heavy atom. The number of phenolic OH excluding ortho intramolecular Hbond substituents is 1. The van der Waals surface area contributed by atoms with Crippen LogP contribution in [0.15, 0.2) is 78.9 Å². The highest BCUT2D eigenvalue weighted by molar-refractivity contribution is 5.98. The van der Waals surface area contributed by atoms with Crippen LogP contribution in [0, 0.1) is 0 Å². The van der Waals surface area contributed by atoms with E-state index in [9.17, 15) is 9.90 Å². The number of aromatic hydroxyl groups is 1. The third-order valence-corrected chi connectivity index (χ3v) is 4.68. The van der Waals surface area contributed by atoms with E-state index in [2.05, 4.69) is 24.4 Å². The fraction of sp³-hybridized carbons (Fsp3) is 0.160. The number of rotatable bonds is 9. The van der Waals surface area contributed by atoms with Gasteiger partial charge in [-0.15, -0.1) is 0 Å². The normalized spacial score (nSPS) is 11.5. The second-order valence-corrected chi connectivity index (χ2v) is 6.56. The highest BCUT2D eigenvalue weighted by Gasteiger charge is 2.13. The minimum Gasteiger partial charge on any atom is -0.508 e. The maximum Gasteiger partial charge on any atom is 0.207 e. The van der Waals surface area contributed by atoms with E-state index in [1.807, 2.05) is 54.6 Å². The van der Waals surface area contributed by atoms with Crippen LogP contribution in [0.25, 0.3) is 11.1 Å². The van der Waals surface area contributed by atoms with Crippen LogP contribution in [-0.2, 0) is 4.79 Å². The average Bonchev–Trinajstić information content (AvgIpc) is 2.77. The predicted octanol–water partition coefficient (Wildman–Crippen LogP) is 4.89. The third kappa shape index (κ3) is 5.26. The number of ether oxygens (including phenoxy) is 1. The summed E-state index contributed by atoms with van der Waals surface area (Å²) in [6.45, 7) is 3.04. The van der Waals surface area contributed by atoms with E-state index >= 15 is 0 Å². The summed E-state index contributed by atoms with van der Waals surface area (Å²) in [6.07, 6.45) is 1.53. The number of hydrogen-bond acceptors (Lipinski definition) is 3. The molecular weight excluding hydrogens is 362 g/mol. The average molecular weight is 387 g/mol. The van der Waals surface area contributed by atoms with Gasteiger partial charge < -0.3 is 15.2 Å². The topological polar surface area (TPSA) is 58.6 Å². The lowest BCUT2D eigenvalue weighted by Gasteiger charge is -2.17. The van der Waals surface area contributed by atoms with Crippen molar-refractivity contribution >= 4 is 17.6 Å². The largest absolute Gasteiger partial charge is 0.508 e. The first-order chi connectivity index (χ1) is 14.2. The van der Waals surface area contributed by atoms with Crippen LogP contribution >= 0.6 is 0 Å². The molecule has 0 unspecified atom stereocenters. The van der Waals surface area contributed by atoms with Gasteiger partial charge in [-0.25, -0.2) is 0 Å². The molecule has 0 atom stereocenters. The third-order valence-electron chi connectivity index (χ3n) is 4.68. The lowest BCUT2D eigenvalue weighted by atomic mass is 9.88. The van der Waals surface area contributed by atoms with Crippen molar-refractivity contribution in [1.82, 2.24) is 5.32 Å². The maximum absolute atomic E-state index is 10.3. The van der Waals surface area contributed by atoms with E-state index in [4.69, 9.17) is 4.74 Å². The van der Waals surface area contributed by atoms with Crippen molar-refractivity contribution in [3.05, 3.63) is 95.6 Å². The van der Waals surface area contributed by atoms with Gasteiger partial charge in [0.25, 0.3) is 0 Å². The Morgan fingerprint density at radius 2 is 1.52 bits per heavy atom. The highest BCUT2D eigenvalue weighted by Crippen LogP contribution is 2.35. The van der Waals surface area contributed by atoms with Crippen LogP contribution in [0.1, 0.15) is 30.0 Å². The van der Waals surface area contributed by atoms with Gasteiger partial charge >= 0.3 is 0 Å². The minimum absolute atomic E-state index is 0.249. The van der Waals surface area contributed by atoms with E-state index < -0.39 is 0 Å². The van der Waals surface area contributed by atoms with E-state index in [1.165, 1.54) is 11.1 Å². The van der Waals surface area contributed by atoms with Crippen LogP contribution < -0.4 is 10.1 Å². The van der Waals surface area contributed by atoms with Crippen molar-refractivity contribution in [1.29, 1.82) is 0 Å². The molecule has 0 aliphatic heterocycles. The summed E-state index contributed by atoms with van der Waals surface area (Å²) in [5.74, 6) is 1.00. The summed E-state index contributed by atoms with van der Waals surface area (Å²) >= 11 is 0. The molecule has 3 rings (SSSR count). The van der Waals surface area contributed by atoms with Gasteiger partial charge in [0.05, 0.1) is 6.54 Å². The Bertz CT molecular complexity index is 946. The number of benzene rings is 3. The Morgan fingerprint density at radius 1 is 0.897 bits per heavy atom. The van der Waals surface area contributed by atoms with Gasteiger partial charge in [-0.3, -0.25) is 4.79 Å². The number of hydrogen-bond donors (Lipinski definition) is 2. The van der Waals surface area contributed by atoms with Gasteiger partial charge in [-0.1, -0.05) is 61.5 Å². The molecule has 148 valence electrons. The number of phenols is 1. The van der Waals surface area contributed by atoms with Crippen molar-refractivity contribution in [3.8, 4) is 11.5 Å². The summed E-state index contributed by atoms with van der Waals surface area (Å²) in [6, 6.07) is 25.6. The zero-order valence-electron chi connectivity index (χ0n) is 16.5. The molecule has 4 nitrogen and oxygen atoms in total. The quantitative estimate of drug-likeness (QED) is 0.312. The molecule has 2 N–H and O–H groups in total. The standard InChI is InChI=1S/C25H25NO3/c1-2-24(19-6-4-3-5-7-19)25(20-8-12-22(28)13-9-20)21-10-14-23(15-11-21)29-17-16-26-18-27/h3-15,18,28H,2,16-17H2,1H3,(H,26,27)/b25-24-. The fourth-order valence-electron chi connectivity index (χ4n) is 3.31. The maximum atomic E-state index is 10.3. The summed E-state index contributed by atoms with van der Waals surface area (Å²) in [5.41, 5.74) is 5.67. The Hall–Kier alpha value is -3.53. The Balaban J connectivity index is 2.00. The van der Waals surface area contributed by atoms with Crippen molar-refractivity contribution in [3.63, 3.8) is 0 Å². The summed E-state index contributed by atoms with van der Waals surface area (Å²) in [5, 5.41) is 12.3. The van der Waals surface area contributed by atoms with Crippen molar-refractivity contribution in [2.75, 3.05) is 13.2 Å². The van der Waals surface area contributed by atoms with Crippen molar-refractivity contribution in [2.24, 2.45) is 0 Å². The molecule has 29 heavy (non-hydrogen) atoms. The van der Waals surface area contributed by atoms with E-state index in [-0.39, 0.29) is 5.75 Å². The molecule has 0 aliphatic carbocycles. The Labute approximate surface area is 171 Å². The lowest BCUT2D eigenvalue weighted by molar-refractivity contribution is -0.109. The van der Waals surface area contributed by atoms with Crippen molar-refractivity contribution < 1.29 is 14.6 Å². The number of amides is 1. The molecule has 3 aromatic rings. The molecule has 0 aliphatic rings. The second-order valence-electron chi connectivity index (χ2n) is 6.56. The summed E-state index contributed by atoms with van der Waals surface area (Å²) in [7, 11) is 0. The van der Waals surface area contributed by atoms with Gasteiger partial charge in [0, 0.05) is 0 Å². The van der Waals surface area contributed by atoms with Crippen LogP contribution in [0.2, 0.25) is 0 Å². The molecule has 0 saturated heterocycles. The zero-order valence-corrected chi connectivity index (χ0v) is 16.5. The summed E-state index contributed by atoms with van der Waals surface area (Å²) < 4.78 is 5.67. The van der Waals surface area contributed by atoms with Gasteiger partial charge in [0.1, 0.15) is 18.1 Å². The van der Waals surface area contributed by atoms with E-state index in [0.717, 1.165) is 28.9 Å². The second kappa shape index (κ2) is 10.1. The predicted molar refractivity (Wildman–Crippen MR) is 117 cm³/mol. The lowest BCUT2D eigenvalue weighted by Crippen LogP contribution is -2.18. The molecule has 0 aromatic heterocycles. The molecule has 0 saturated carbocycles. The van der Waals surface area contributed by atoms with Gasteiger partial charge in [0.2, 0.25) is 6.41 Å². The van der Waals surface area contributed by atoms with Gasteiger partial charge in [-0.05, 0) is 58.5 Å². The molecular formula is C25H25NO3. The van der Waals surface area contributed by atoms with E-state index in [1.54, 1.807) is 12.1 Å². The molecule has 0 spiro atoms. The SMILES string of the molecule is CC/C(=C(\c1ccc(O)cc1)c1ccc(OCCNC=O)cc1)c1ccccc1. The first kappa shape index (κ1) is 20.2. The zero-order chi connectivity index (χ0) is 20.5. The van der Waals surface area contributed by atoms with Crippen LogP contribution in [0.3, 0.4) is 0 Å². The smallest absolute Gasteiger partial charge is 0.207 e. The van der Waals surface area contributed by atoms with Crippen LogP contribution in [0.4, 0.5) is 0 Å². The minimum atomic E-state index is 0.249. The number of carbonyl (C=O) groups excluding carboxylic acids is 1. The molecule has 3 aromatic carbocycles. The molecule has 0 fully saturated rings. The molecule has 4 heteroatoms. The van der Waals surface area contributed by atoms with E-state index in [0.29, 0.717) is 19.6 Å². The molecule has 0 radical (unpaired) electrons. The van der Waals surface area contributed by atoms with Crippen molar-refractivity contribution in [2.45, 2.75) is 13.3 Å². The van der Waals surface area contributed by atoms with Gasteiger partial charge in [-0.2, -0.15) is 0 Å². The highest BCUT2D eigenvalue weighted by atomic mass is 16.5. The van der Waals surface area contributed by atoms with Crippen LogP contribution in [-0.4, -0.2) is 24.7 Å². The first-order valence-corrected chi connectivity index (χ1v) is 9.71. The first-order valence-electron chi connectivity index (χ1n) is 9.71. The van der Waals surface area contributed by atoms with Gasteiger partial charge in [0.15, 0.2) is 0 Å². The fourth-order valence-corrected chi connectivity index (χ4v) is 3.31. The monoisotopic (exact) mass is 387 g/mol. The van der Waals surface area contributed by atoms with Crippen LogP contribution in [0.5, 0.6) is 11.5 Å². The summed E-state index contributed by atoms with van der Waals surface area (Å²) in [4.78, 5) is 10.3. The number of allylic oxidation sites excluding steroid dienone is 1. The number of carbonyl (C=O) groups is 1. The number of nitrogens with one attached hydrogen (secondary N) is 1. The molecule has 0 bridgehead atoms. The molecule has 0 heterocycles. The Kier molecular flexibility index (Phi) is 7.06.